The van der Waals surface area contributed by atoms with Gasteiger partial charge in [-0.2, -0.15) is 0 Å². The van der Waals surface area contributed by atoms with Crippen LogP contribution in [0.3, 0.4) is 0 Å². The molecule has 2 atom stereocenters. The van der Waals surface area contributed by atoms with Crippen molar-refractivity contribution in [3.63, 3.8) is 0 Å². The molecule has 1 N–H and O–H groups in total. The minimum atomic E-state index is 0.239. The first-order valence-corrected chi connectivity index (χ1v) is 6.20. The van der Waals surface area contributed by atoms with Gasteiger partial charge in [0, 0.05) is 19.7 Å². The molecule has 15 heavy (non-hydrogen) atoms. The van der Waals surface area contributed by atoms with E-state index in [-0.39, 0.29) is 6.10 Å². The van der Waals surface area contributed by atoms with Crippen LogP contribution in [-0.4, -0.2) is 38.5 Å². The van der Waals surface area contributed by atoms with E-state index in [1.54, 1.807) is 0 Å². The van der Waals surface area contributed by atoms with E-state index in [9.17, 15) is 0 Å². The molecular weight excluding hydrogens is 190 g/mol. The standard InChI is InChI=1S/C12H25NO2/c1-4-11(5-2)8-14-9-12-7-13-6-10(3)15-12/h10-13H,4-9H2,1-3H3. The van der Waals surface area contributed by atoms with E-state index in [0.29, 0.717) is 12.0 Å². The van der Waals surface area contributed by atoms with Gasteiger partial charge in [-0.3, -0.25) is 0 Å². The number of hydrogen-bond donors (Lipinski definition) is 1. The van der Waals surface area contributed by atoms with Crippen molar-refractivity contribution < 1.29 is 9.47 Å². The molecule has 0 bridgehead atoms. The fourth-order valence-electron chi connectivity index (χ4n) is 1.86. The molecule has 0 saturated carbocycles. The van der Waals surface area contributed by atoms with Crippen LogP contribution in [0.1, 0.15) is 33.6 Å². The SMILES string of the molecule is CCC(CC)COCC1CNCC(C)O1. The van der Waals surface area contributed by atoms with Crippen molar-refractivity contribution in [3.05, 3.63) is 0 Å². The lowest BCUT2D eigenvalue weighted by Gasteiger charge is -2.29. The largest absolute Gasteiger partial charge is 0.378 e. The second kappa shape index (κ2) is 7.20. The van der Waals surface area contributed by atoms with Crippen molar-refractivity contribution in [2.75, 3.05) is 26.3 Å². The summed E-state index contributed by atoms with van der Waals surface area (Å²) in [4.78, 5) is 0. The van der Waals surface area contributed by atoms with Crippen molar-refractivity contribution in [2.45, 2.75) is 45.8 Å². The first kappa shape index (κ1) is 12.9. The molecule has 1 aliphatic heterocycles. The minimum absolute atomic E-state index is 0.239. The Kier molecular flexibility index (Phi) is 6.22. The second-order valence-electron chi connectivity index (χ2n) is 4.45. The van der Waals surface area contributed by atoms with Crippen LogP contribution in [0.5, 0.6) is 0 Å². The van der Waals surface area contributed by atoms with E-state index >= 15 is 0 Å². The summed E-state index contributed by atoms with van der Waals surface area (Å²) in [6.07, 6.45) is 2.97. The van der Waals surface area contributed by atoms with Gasteiger partial charge in [-0.15, -0.1) is 0 Å². The van der Waals surface area contributed by atoms with Gasteiger partial charge in [-0.05, 0) is 12.8 Å². The molecule has 0 amide bonds. The number of rotatable bonds is 6. The normalized spacial score (nSPS) is 27.2. The van der Waals surface area contributed by atoms with Gasteiger partial charge in [0.15, 0.2) is 0 Å². The number of morpholine rings is 1. The highest BCUT2D eigenvalue weighted by Gasteiger charge is 2.18. The first-order valence-electron chi connectivity index (χ1n) is 6.20. The maximum absolute atomic E-state index is 5.75. The topological polar surface area (TPSA) is 30.5 Å². The molecule has 3 nitrogen and oxygen atoms in total. The summed E-state index contributed by atoms with van der Waals surface area (Å²) >= 11 is 0. The van der Waals surface area contributed by atoms with E-state index in [1.165, 1.54) is 12.8 Å². The molecule has 0 radical (unpaired) electrons. The molecule has 90 valence electrons. The van der Waals surface area contributed by atoms with E-state index in [0.717, 1.165) is 26.3 Å². The highest BCUT2D eigenvalue weighted by molar-refractivity contribution is 4.71. The van der Waals surface area contributed by atoms with Crippen LogP contribution in [0.15, 0.2) is 0 Å². The predicted octanol–water partition coefficient (Wildman–Crippen LogP) is 1.82. The molecule has 0 aromatic heterocycles. The molecule has 0 aliphatic carbocycles. The van der Waals surface area contributed by atoms with E-state index in [4.69, 9.17) is 9.47 Å². The molecule has 0 aromatic rings. The lowest BCUT2D eigenvalue weighted by molar-refractivity contribution is -0.0730. The average Bonchev–Trinajstić information content (AvgIpc) is 2.25. The maximum Gasteiger partial charge on any atom is 0.0936 e. The monoisotopic (exact) mass is 215 g/mol. The molecule has 1 rings (SSSR count). The van der Waals surface area contributed by atoms with Crippen LogP contribution in [-0.2, 0) is 9.47 Å². The number of nitrogens with one attached hydrogen (secondary N) is 1. The lowest BCUT2D eigenvalue weighted by Crippen LogP contribution is -2.45. The van der Waals surface area contributed by atoms with Gasteiger partial charge in [0.05, 0.1) is 18.8 Å². The zero-order chi connectivity index (χ0) is 11.1. The molecular formula is C12H25NO2. The fourth-order valence-corrected chi connectivity index (χ4v) is 1.86. The highest BCUT2D eigenvalue weighted by Crippen LogP contribution is 2.09. The van der Waals surface area contributed by atoms with Crippen LogP contribution in [0, 0.1) is 5.92 Å². The number of hydrogen-bond acceptors (Lipinski definition) is 3. The van der Waals surface area contributed by atoms with E-state index < -0.39 is 0 Å². The van der Waals surface area contributed by atoms with Gasteiger partial charge in [0.25, 0.3) is 0 Å². The van der Waals surface area contributed by atoms with Gasteiger partial charge in [0.2, 0.25) is 0 Å². The minimum Gasteiger partial charge on any atom is -0.378 e. The smallest absolute Gasteiger partial charge is 0.0936 e. The zero-order valence-corrected chi connectivity index (χ0v) is 10.3. The van der Waals surface area contributed by atoms with Crippen LogP contribution in [0.25, 0.3) is 0 Å². The summed E-state index contributed by atoms with van der Waals surface area (Å²) < 4.78 is 11.4. The van der Waals surface area contributed by atoms with Gasteiger partial charge in [-0.1, -0.05) is 26.7 Å². The fraction of sp³-hybridized carbons (Fsp3) is 1.00. The van der Waals surface area contributed by atoms with Crippen molar-refractivity contribution in [2.24, 2.45) is 5.92 Å². The Morgan fingerprint density at radius 3 is 2.67 bits per heavy atom. The van der Waals surface area contributed by atoms with Gasteiger partial charge in [-0.25, -0.2) is 0 Å². The Labute approximate surface area is 93.5 Å². The molecule has 0 aromatic carbocycles. The molecule has 1 saturated heterocycles. The molecule has 1 fully saturated rings. The Morgan fingerprint density at radius 2 is 2.07 bits per heavy atom. The quantitative estimate of drug-likeness (QED) is 0.733. The summed E-state index contributed by atoms with van der Waals surface area (Å²) in [5, 5.41) is 3.35. The van der Waals surface area contributed by atoms with Gasteiger partial charge >= 0.3 is 0 Å². The van der Waals surface area contributed by atoms with Crippen LogP contribution in [0.4, 0.5) is 0 Å². The molecule has 3 heteroatoms. The van der Waals surface area contributed by atoms with Crippen LogP contribution >= 0.6 is 0 Å². The Balaban J connectivity index is 2.08. The van der Waals surface area contributed by atoms with Crippen molar-refractivity contribution in [1.29, 1.82) is 0 Å². The van der Waals surface area contributed by atoms with Crippen molar-refractivity contribution >= 4 is 0 Å². The van der Waals surface area contributed by atoms with Gasteiger partial charge < -0.3 is 14.8 Å². The third-order valence-electron chi connectivity index (χ3n) is 3.04. The Bertz CT molecular complexity index is 160. The average molecular weight is 215 g/mol. The summed E-state index contributed by atoms with van der Waals surface area (Å²) in [7, 11) is 0. The van der Waals surface area contributed by atoms with Crippen LogP contribution in [0.2, 0.25) is 0 Å². The molecule has 1 aliphatic rings. The van der Waals surface area contributed by atoms with E-state index in [1.807, 2.05) is 0 Å². The maximum atomic E-state index is 5.75. The highest BCUT2D eigenvalue weighted by atomic mass is 16.5. The third kappa shape index (κ3) is 4.96. The van der Waals surface area contributed by atoms with Crippen LogP contribution < -0.4 is 5.32 Å². The lowest BCUT2D eigenvalue weighted by atomic mass is 10.1. The first-order chi connectivity index (χ1) is 7.26. The third-order valence-corrected chi connectivity index (χ3v) is 3.04. The molecule has 0 spiro atoms. The van der Waals surface area contributed by atoms with Crippen molar-refractivity contribution in [1.82, 2.24) is 5.32 Å². The summed E-state index contributed by atoms with van der Waals surface area (Å²) in [6, 6.07) is 0. The van der Waals surface area contributed by atoms with Gasteiger partial charge in [0.1, 0.15) is 0 Å². The van der Waals surface area contributed by atoms with Crippen molar-refractivity contribution in [3.8, 4) is 0 Å². The predicted molar refractivity (Wildman–Crippen MR) is 62.1 cm³/mol. The zero-order valence-electron chi connectivity index (χ0n) is 10.3. The summed E-state index contributed by atoms with van der Waals surface area (Å²) in [6.45, 7) is 10.0. The molecule has 1 heterocycles. The summed E-state index contributed by atoms with van der Waals surface area (Å²) in [5.74, 6) is 0.707. The second-order valence-corrected chi connectivity index (χ2v) is 4.45. The number of ether oxygens (including phenoxy) is 2. The van der Waals surface area contributed by atoms with E-state index in [2.05, 4.69) is 26.1 Å². The molecule has 2 unspecified atom stereocenters. The summed E-state index contributed by atoms with van der Waals surface area (Å²) in [5.41, 5.74) is 0. The Hall–Kier alpha value is -0.120. The Morgan fingerprint density at radius 1 is 1.33 bits per heavy atom.